The number of rotatable bonds is 2. The Morgan fingerprint density at radius 1 is 1.16 bits per heavy atom. The van der Waals surface area contributed by atoms with Crippen molar-refractivity contribution >= 4 is 0 Å². The van der Waals surface area contributed by atoms with Crippen LogP contribution in [0.3, 0.4) is 0 Å². The molecule has 0 saturated heterocycles. The summed E-state index contributed by atoms with van der Waals surface area (Å²) < 4.78 is 42.8. The van der Waals surface area contributed by atoms with Gasteiger partial charge in [-0.3, -0.25) is 0 Å². The average Bonchev–Trinajstić information content (AvgIpc) is 2.37. The highest BCUT2D eigenvalue weighted by molar-refractivity contribution is 5.60. The number of ether oxygens (including phenoxy) is 1. The zero-order valence-electron chi connectivity index (χ0n) is 10.3. The van der Waals surface area contributed by atoms with Crippen LogP contribution in [0.2, 0.25) is 0 Å². The van der Waals surface area contributed by atoms with Crippen LogP contribution < -0.4 is 4.74 Å². The maximum atomic E-state index is 12.7. The average molecular weight is 268 g/mol. The second-order valence-corrected chi connectivity index (χ2v) is 3.93. The minimum absolute atomic E-state index is 0.211. The van der Waals surface area contributed by atoms with Gasteiger partial charge in [-0.2, -0.15) is 18.2 Å². The fraction of sp³-hybridized carbons (Fsp3) is 0.231. The Bertz CT molecular complexity index is 597. The summed E-state index contributed by atoms with van der Waals surface area (Å²) in [7, 11) is 1.15. The van der Waals surface area contributed by atoms with Gasteiger partial charge in [-0.25, -0.2) is 4.98 Å². The van der Waals surface area contributed by atoms with Crippen molar-refractivity contribution in [3.8, 4) is 17.3 Å². The van der Waals surface area contributed by atoms with Crippen molar-refractivity contribution in [1.82, 2.24) is 9.97 Å². The summed E-state index contributed by atoms with van der Waals surface area (Å²) in [4.78, 5) is 7.61. The van der Waals surface area contributed by atoms with E-state index in [0.717, 1.165) is 18.9 Å². The number of aryl methyl sites for hydroxylation is 1. The van der Waals surface area contributed by atoms with E-state index in [9.17, 15) is 13.2 Å². The lowest BCUT2D eigenvalue weighted by Crippen LogP contribution is -2.10. The van der Waals surface area contributed by atoms with Gasteiger partial charge in [0.1, 0.15) is 5.56 Å². The summed E-state index contributed by atoms with van der Waals surface area (Å²) in [6.45, 7) is 1.84. The van der Waals surface area contributed by atoms with Crippen LogP contribution in [0.1, 0.15) is 11.1 Å². The van der Waals surface area contributed by atoms with E-state index < -0.39 is 17.6 Å². The first-order valence-electron chi connectivity index (χ1n) is 5.47. The lowest BCUT2D eigenvalue weighted by atomic mass is 10.1. The van der Waals surface area contributed by atoms with Gasteiger partial charge >= 0.3 is 6.18 Å². The molecule has 2 aromatic rings. The molecule has 1 heterocycles. The van der Waals surface area contributed by atoms with Crippen molar-refractivity contribution in [2.45, 2.75) is 13.1 Å². The normalized spacial score (nSPS) is 11.4. The molecule has 19 heavy (non-hydrogen) atoms. The van der Waals surface area contributed by atoms with Crippen LogP contribution in [0.15, 0.2) is 30.5 Å². The Morgan fingerprint density at radius 2 is 1.84 bits per heavy atom. The fourth-order valence-corrected chi connectivity index (χ4v) is 1.67. The number of methoxy groups -OCH3 is 1. The van der Waals surface area contributed by atoms with Gasteiger partial charge in [0.25, 0.3) is 0 Å². The highest BCUT2D eigenvalue weighted by atomic mass is 19.4. The molecule has 1 aromatic heterocycles. The molecule has 100 valence electrons. The molecule has 0 radical (unpaired) electrons. The lowest BCUT2D eigenvalue weighted by Gasteiger charge is -2.12. The van der Waals surface area contributed by atoms with Crippen molar-refractivity contribution < 1.29 is 17.9 Å². The highest BCUT2D eigenvalue weighted by Crippen LogP contribution is 2.35. The van der Waals surface area contributed by atoms with Crippen molar-refractivity contribution in [3.63, 3.8) is 0 Å². The van der Waals surface area contributed by atoms with Gasteiger partial charge < -0.3 is 4.74 Å². The topological polar surface area (TPSA) is 35.0 Å². The molecular weight excluding hydrogens is 257 g/mol. The van der Waals surface area contributed by atoms with E-state index in [1.165, 1.54) is 0 Å². The maximum absolute atomic E-state index is 12.7. The maximum Gasteiger partial charge on any atom is 0.423 e. The molecular formula is C13H11F3N2O. The van der Waals surface area contributed by atoms with E-state index in [4.69, 9.17) is 4.74 Å². The zero-order chi connectivity index (χ0) is 14.0. The summed E-state index contributed by atoms with van der Waals surface area (Å²) in [6, 6.07) is 7.19. The molecule has 0 saturated carbocycles. The van der Waals surface area contributed by atoms with Crippen molar-refractivity contribution in [3.05, 3.63) is 41.6 Å². The van der Waals surface area contributed by atoms with Crippen LogP contribution in [0.25, 0.3) is 11.4 Å². The van der Waals surface area contributed by atoms with Crippen molar-refractivity contribution in [1.29, 1.82) is 0 Å². The number of hydrogen-bond donors (Lipinski definition) is 0. The summed E-state index contributed by atoms with van der Waals surface area (Å²) in [5.74, 6) is -0.260. The van der Waals surface area contributed by atoms with E-state index in [2.05, 4.69) is 9.97 Å². The predicted octanol–water partition coefficient (Wildman–Crippen LogP) is 3.48. The van der Waals surface area contributed by atoms with Gasteiger partial charge in [0.05, 0.1) is 7.11 Å². The molecule has 2 rings (SSSR count). The molecule has 3 nitrogen and oxygen atoms in total. The Balaban J connectivity index is 2.55. The second kappa shape index (κ2) is 4.87. The molecule has 0 fully saturated rings. The van der Waals surface area contributed by atoms with Gasteiger partial charge in [-0.15, -0.1) is 0 Å². The van der Waals surface area contributed by atoms with Gasteiger partial charge in [-0.1, -0.05) is 24.3 Å². The molecule has 0 spiro atoms. The van der Waals surface area contributed by atoms with Gasteiger partial charge in [-0.05, 0) is 12.5 Å². The summed E-state index contributed by atoms with van der Waals surface area (Å²) in [6.07, 6.45) is -3.79. The van der Waals surface area contributed by atoms with E-state index in [0.29, 0.717) is 5.56 Å². The largest absolute Gasteiger partial charge is 0.480 e. The molecule has 6 heteroatoms. The first kappa shape index (κ1) is 13.3. The van der Waals surface area contributed by atoms with Crippen LogP contribution in [-0.4, -0.2) is 17.1 Å². The van der Waals surface area contributed by atoms with Crippen LogP contribution in [0.5, 0.6) is 5.88 Å². The number of aromatic nitrogens is 2. The van der Waals surface area contributed by atoms with E-state index in [1.54, 1.807) is 12.1 Å². The molecule has 0 aliphatic heterocycles. The van der Waals surface area contributed by atoms with E-state index >= 15 is 0 Å². The number of alkyl halides is 3. The summed E-state index contributed by atoms with van der Waals surface area (Å²) in [5.41, 5.74) is 0.575. The number of halogens is 3. The third-order valence-corrected chi connectivity index (χ3v) is 2.64. The first-order chi connectivity index (χ1) is 8.93. The SMILES string of the molecule is COc1nc(-c2ccccc2C)ncc1C(F)(F)F. The Hall–Kier alpha value is -2.11. The molecule has 0 unspecified atom stereocenters. The van der Waals surface area contributed by atoms with Crippen LogP contribution in [0.4, 0.5) is 13.2 Å². The Morgan fingerprint density at radius 3 is 2.42 bits per heavy atom. The second-order valence-electron chi connectivity index (χ2n) is 3.93. The molecule has 0 aliphatic carbocycles. The van der Waals surface area contributed by atoms with Crippen molar-refractivity contribution in [2.75, 3.05) is 7.11 Å². The Labute approximate surface area is 108 Å². The monoisotopic (exact) mass is 268 g/mol. The van der Waals surface area contributed by atoms with Gasteiger partial charge in [0.2, 0.25) is 5.88 Å². The molecule has 0 amide bonds. The summed E-state index contributed by atoms with van der Waals surface area (Å²) in [5, 5.41) is 0. The fourth-order valence-electron chi connectivity index (χ4n) is 1.67. The lowest BCUT2D eigenvalue weighted by molar-refractivity contribution is -0.139. The van der Waals surface area contributed by atoms with Gasteiger partial charge in [0.15, 0.2) is 5.82 Å². The molecule has 0 bridgehead atoms. The molecule has 0 N–H and O–H groups in total. The standard InChI is InChI=1S/C13H11F3N2O/c1-8-5-3-4-6-9(8)11-17-7-10(13(14,15)16)12(18-11)19-2/h3-7H,1-2H3. The molecule has 0 atom stereocenters. The molecule has 0 aliphatic rings. The third kappa shape index (κ3) is 2.67. The first-order valence-corrected chi connectivity index (χ1v) is 5.47. The Kier molecular flexibility index (Phi) is 3.42. The predicted molar refractivity (Wildman–Crippen MR) is 63.8 cm³/mol. The third-order valence-electron chi connectivity index (χ3n) is 2.64. The van der Waals surface area contributed by atoms with Crippen LogP contribution in [-0.2, 0) is 6.18 Å². The number of benzene rings is 1. The van der Waals surface area contributed by atoms with E-state index in [-0.39, 0.29) is 5.82 Å². The zero-order valence-corrected chi connectivity index (χ0v) is 10.3. The minimum atomic E-state index is -4.53. The van der Waals surface area contributed by atoms with E-state index in [1.807, 2.05) is 19.1 Å². The number of hydrogen-bond acceptors (Lipinski definition) is 3. The quantitative estimate of drug-likeness (QED) is 0.836. The molecule has 1 aromatic carbocycles. The van der Waals surface area contributed by atoms with Crippen LogP contribution in [0, 0.1) is 6.92 Å². The minimum Gasteiger partial charge on any atom is -0.480 e. The van der Waals surface area contributed by atoms with Gasteiger partial charge in [0, 0.05) is 11.8 Å². The van der Waals surface area contributed by atoms with Crippen LogP contribution >= 0.6 is 0 Å². The summed E-state index contributed by atoms with van der Waals surface area (Å²) >= 11 is 0. The highest BCUT2D eigenvalue weighted by Gasteiger charge is 2.36. The number of nitrogens with zero attached hydrogens (tertiary/aromatic N) is 2. The van der Waals surface area contributed by atoms with Crippen molar-refractivity contribution in [2.24, 2.45) is 0 Å². The smallest absolute Gasteiger partial charge is 0.423 e.